The number of hydrogen-bond donors (Lipinski definition) is 5. The summed E-state index contributed by atoms with van der Waals surface area (Å²) in [6.07, 6.45) is 8.83. The van der Waals surface area contributed by atoms with Crippen molar-refractivity contribution in [1.82, 2.24) is 45.4 Å². The Bertz CT molecular complexity index is 2540. The molecule has 5 aromatic rings. The lowest BCUT2D eigenvalue weighted by atomic mass is 9.93. The second-order valence-corrected chi connectivity index (χ2v) is 18.8. The number of aryl methyl sites for hydroxylation is 1. The van der Waals surface area contributed by atoms with E-state index in [-0.39, 0.29) is 23.7 Å². The summed E-state index contributed by atoms with van der Waals surface area (Å²) in [6, 6.07) is 13.8. The number of methoxy groups -OCH3 is 2. The molecular formula is C48H59N9O5. The fraction of sp³-hybridized carbons (Fsp3) is 0.479. The minimum absolute atomic E-state index is 0.0475. The second kappa shape index (κ2) is 15.7. The number of fused-ring (bicyclic) bond motifs is 5. The molecule has 2 aromatic carbocycles. The number of likely N-dealkylation sites (tertiary alicyclic amines) is 2. The number of rotatable bonds is 13. The maximum absolute atomic E-state index is 14.1. The van der Waals surface area contributed by atoms with Gasteiger partial charge in [-0.05, 0) is 99.0 Å². The molecule has 4 fully saturated rings. The summed E-state index contributed by atoms with van der Waals surface area (Å²) >= 11 is 0. The first-order chi connectivity index (χ1) is 29.7. The van der Waals surface area contributed by atoms with Crippen LogP contribution in [0.15, 0.2) is 67.3 Å². The lowest BCUT2D eigenvalue weighted by Gasteiger charge is -2.40. The smallest absolute Gasteiger partial charge is 0.407 e. The molecule has 62 heavy (non-hydrogen) atoms. The van der Waals surface area contributed by atoms with Crippen LogP contribution < -0.4 is 10.6 Å². The van der Waals surface area contributed by atoms with E-state index < -0.39 is 29.3 Å². The lowest BCUT2D eigenvalue weighted by Crippen LogP contribution is -2.56. The number of carbonyl (C=O) groups excluding carboxylic acids is 3. The maximum Gasteiger partial charge on any atom is 0.407 e. The van der Waals surface area contributed by atoms with E-state index in [0.29, 0.717) is 24.3 Å². The van der Waals surface area contributed by atoms with E-state index >= 15 is 0 Å². The molecule has 2 aliphatic carbocycles. The Morgan fingerprint density at radius 1 is 0.758 bits per heavy atom. The van der Waals surface area contributed by atoms with Crippen LogP contribution in [0.3, 0.4) is 0 Å². The average molecular weight is 842 g/mol. The van der Waals surface area contributed by atoms with Gasteiger partial charge in [0, 0.05) is 47.7 Å². The number of nitrogens with zero attached hydrogens (tertiary/aromatic N) is 4. The number of hydrogen-bond acceptors (Lipinski definition) is 8. The Labute approximate surface area is 362 Å². The number of carbonyl (C=O) groups is 3. The van der Waals surface area contributed by atoms with Gasteiger partial charge in [0.1, 0.15) is 34.8 Å². The van der Waals surface area contributed by atoms with E-state index in [4.69, 9.17) is 19.4 Å². The van der Waals surface area contributed by atoms with Crippen LogP contribution in [0.25, 0.3) is 44.5 Å². The summed E-state index contributed by atoms with van der Waals surface area (Å²) in [5.41, 5.74) is 6.80. The third-order valence-electron chi connectivity index (χ3n) is 14.3. The zero-order valence-electron chi connectivity index (χ0n) is 36.9. The first-order valence-electron chi connectivity index (χ1n) is 22.1. The lowest BCUT2D eigenvalue weighted by molar-refractivity contribution is -0.141. The number of H-pyrrole nitrogens is 3. The van der Waals surface area contributed by atoms with Crippen LogP contribution in [0.4, 0.5) is 4.79 Å². The van der Waals surface area contributed by atoms with Crippen molar-refractivity contribution < 1.29 is 23.9 Å². The molecule has 3 aromatic heterocycles. The second-order valence-electron chi connectivity index (χ2n) is 18.8. The number of nitrogens with one attached hydrogen (secondary N) is 5. The van der Waals surface area contributed by atoms with Gasteiger partial charge in [-0.1, -0.05) is 58.0 Å². The zero-order valence-corrected chi connectivity index (χ0v) is 36.9. The van der Waals surface area contributed by atoms with Gasteiger partial charge < -0.3 is 44.9 Å². The fourth-order valence-electron chi connectivity index (χ4n) is 11.0. The Morgan fingerprint density at radius 2 is 1.29 bits per heavy atom. The molecule has 2 saturated heterocycles. The molecule has 4 bridgehead atoms. The fourth-order valence-corrected chi connectivity index (χ4v) is 11.0. The minimum Gasteiger partial charge on any atom is -0.483 e. The van der Waals surface area contributed by atoms with Gasteiger partial charge in [0.25, 0.3) is 0 Å². The molecule has 2 saturated carbocycles. The number of alkyl carbamates (subject to hydrolysis) is 1. The number of amides is 3. The highest BCUT2D eigenvalue weighted by Gasteiger charge is 2.58. The topological polar surface area (TPSA) is 173 Å². The van der Waals surface area contributed by atoms with E-state index in [2.05, 4.69) is 86.5 Å². The van der Waals surface area contributed by atoms with E-state index in [1.165, 1.54) is 7.11 Å². The molecular weight excluding hydrogens is 783 g/mol. The van der Waals surface area contributed by atoms with Gasteiger partial charge in [-0.3, -0.25) is 9.59 Å². The Balaban J connectivity index is 0.965. The van der Waals surface area contributed by atoms with Crippen LogP contribution in [0.5, 0.6) is 0 Å². The van der Waals surface area contributed by atoms with Crippen LogP contribution in [0, 0.1) is 30.6 Å². The van der Waals surface area contributed by atoms with E-state index in [0.717, 1.165) is 107 Å². The van der Waals surface area contributed by atoms with Crippen molar-refractivity contribution in [1.29, 1.82) is 0 Å². The summed E-state index contributed by atoms with van der Waals surface area (Å²) < 4.78 is 10.1. The molecule has 326 valence electrons. The van der Waals surface area contributed by atoms with E-state index in [1.54, 1.807) is 7.11 Å². The largest absolute Gasteiger partial charge is 0.483 e. The summed E-state index contributed by atoms with van der Waals surface area (Å²) in [4.78, 5) is 65.4. The van der Waals surface area contributed by atoms with Crippen molar-refractivity contribution in [2.24, 2.45) is 23.7 Å². The van der Waals surface area contributed by atoms with Crippen LogP contribution in [-0.4, -0.2) is 92.0 Å². The molecule has 4 aliphatic rings. The molecule has 0 radical (unpaired) electrons. The Hall–Kier alpha value is -6.05. The van der Waals surface area contributed by atoms with Crippen molar-refractivity contribution in [3.63, 3.8) is 0 Å². The SMILES string of the molecule is C=C(N[C@H](C(=O)N1C[C@@H]2CC[C@@]1(c1nc(-c3ccc(-c4ccc(-c5c[nH]c([C@@]67CC[C@@H](CN6C(=O)[C@@H](NC(=O)OC)C(C)C)C7)n5)c5[nH]c(C)cc45)cc3)c[nH]1)C2)C(C)C)OC. The standard InChI is InChI=1S/C48H59N9O5/c1-26(2)39(52-29(6)61-7)42(58)56-24-30-15-17-47(56,20-30)44-49-22-37(53-44)33-11-9-32(10-12-33)34-13-14-35(41-36(34)19-28(5)51-41)38-23-50-45(54-38)48-18-16-31(21-48)25-57(48)43(59)40(27(3)4)55-46(60)62-8/h9-14,19,22-23,26-27,30-31,39-40,51-52H,6,15-18,20-21,24-25H2,1-5,7-8H3,(H,49,53)(H,50,54)(H,55,60)/t30-,31-,39+,40+,47+,48+/m1/s1. The third-order valence-corrected chi connectivity index (χ3v) is 14.3. The van der Waals surface area contributed by atoms with Gasteiger partial charge in [-0.2, -0.15) is 0 Å². The van der Waals surface area contributed by atoms with Gasteiger partial charge in [-0.25, -0.2) is 14.8 Å². The van der Waals surface area contributed by atoms with Gasteiger partial charge >= 0.3 is 6.09 Å². The molecule has 9 rings (SSSR count). The Morgan fingerprint density at radius 3 is 1.84 bits per heavy atom. The van der Waals surface area contributed by atoms with Gasteiger partial charge in [0.05, 0.1) is 31.1 Å². The van der Waals surface area contributed by atoms with Crippen molar-refractivity contribution in [2.75, 3.05) is 27.3 Å². The third kappa shape index (κ3) is 6.82. The molecule has 0 unspecified atom stereocenters. The highest BCUT2D eigenvalue weighted by atomic mass is 16.5. The number of imidazole rings is 2. The first-order valence-corrected chi connectivity index (χ1v) is 22.1. The van der Waals surface area contributed by atoms with Crippen LogP contribution in [-0.2, 0) is 30.1 Å². The predicted molar refractivity (Wildman–Crippen MR) is 237 cm³/mol. The van der Waals surface area contributed by atoms with E-state index in [1.807, 2.05) is 45.0 Å². The van der Waals surface area contributed by atoms with Gasteiger partial charge in [-0.15, -0.1) is 0 Å². The van der Waals surface area contributed by atoms with Crippen LogP contribution >= 0.6 is 0 Å². The molecule has 0 spiro atoms. The molecule has 5 heterocycles. The summed E-state index contributed by atoms with van der Waals surface area (Å²) in [5.74, 6) is 2.73. The molecule has 6 atom stereocenters. The maximum atomic E-state index is 14.1. The van der Waals surface area contributed by atoms with Crippen molar-refractivity contribution in [3.05, 3.63) is 84.7 Å². The van der Waals surface area contributed by atoms with Crippen LogP contribution in [0.2, 0.25) is 0 Å². The average Bonchev–Trinajstić information content (AvgIpc) is 4.13. The summed E-state index contributed by atoms with van der Waals surface area (Å²) in [5, 5.41) is 7.08. The monoisotopic (exact) mass is 841 g/mol. The Kier molecular flexibility index (Phi) is 10.5. The molecule has 14 nitrogen and oxygen atoms in total. The molecule has 3 amide bonds. The number of aromatic amines is 3. The van der Waals surface area contributed by atoms with Crippen LogP contribution in [0.1, 0.15) is 83.6 Å². The first kappa shape index (κ1) is 41.3. The number of piperidine rings is 2. The van der Waals surface area contributed by atoms with E-state index in [9.17, 15) is 14.4 Å². The molecule has 14 heteroatoms. The minimum atomic E-state index is -0.697. The quantitative estimate of drug-likeness (QED) is 0.0750. The predicted octanol–water partition coefficient (Wildman–Crippen LogP) is 7.71. The van der Waals surface area contributed by atoms with Crippen molar-refractivity contribution in [3.8, 4) is 33.6 Å². The number of ether oxygens (including phenoxy) is 2. The highest BCUT2D eigenvalue weighted by molar-refractivity contribution is 6.03. The van der Waals surface area contributed by atoms with Crippen molar-refractivity contribution >= 4 is 28.8 Å². The highest BCUT2D eigenvalue weighted by Crippen LogP contribution is 2.54. The number of aromatic nitrogens is 5. The van der Waals surface area contributed by atoms with Gasteiger partial charge in [0.2, 0.25) is 11.8 Å². The molecule has 5 N–H and O–H groups in total. The van der Waals surface area contributed by atoms with Gasteiger partial charge in [0.15, 0.2) is 5.88 Å². The molecule has 2 aliphatic heterocycles. The summed E-state index contributed by atoms with van der Waals surface area (Å²) in [6.45, 7) is 15.3. The normalized spacial score (nSPS) is 23.7. The van der Waals surface area contributed by atoms with Crippen molar-refractivity contribution in [2.45, 2.75) is 96.3 Å². The zero-order chi connectivity index (χ0) is 43.7. The summed E-state index contributed by atoms with van der Waals surface area (Å²) in [7, 11) is 2.87. The number of benzene rings is 2.